The predicted octanol–water partition coefficient (Wildman–Crippen LogP) is 1.66. The molecule has 0 aromatic heterocycles. The van der Waals surface area contributed by atoms with Crippen LogP contribution < -0.4 is 10.6 Å². The second-order valence-corrected chi connectivity index (χ2v) is 8.30. The van der Waals surface area contributed by atoms with E-state index in [2.05, 4.69) is 15.6 Å². The van der Waals surface area contributed by atoms with Gasteiger partial charge in [0.2, 0.25) is 0 Å². The molecular weight excluding hydrogens is 345 g/mol. The molecule has 1 saturated carbocycles. The Bertz CT molecular complexity index is 537. The number of nitrogens with one attached hydrogen (secondary N) is 2. The fourth-order valence-electron chi connectivity index (χ4n) is 3.20. The third-order valence-corrected chi connectivity index (χ3v) is 6.31. The maximum Gasteiger partial charge on any atom is 0.511 e. The minimum absolute atomic E-state index is 0.0944. The average molecular weight is 370 g/mol. The molecule has 0 unspecified atom stereocenters. The highest BCUT2D eigenvalue weighted by Gasteiger charge is 2.50. The molecule has 2 rings (SSSR count). The maximum absolute atomic E-state index is 12.5. The van der Waals surface area contributed by atoms with Crippen molar-refractivity contribution in [3.8, 4) is 0 Å². The molecular formula is C14H25F3N4O2S. The first kappa shape index (κ1) is 19.3. The summed E-state index contributed by atoms with van der Waals surface area (Å²) in [6.07, 6.45) is 5.47. The van der Waals surface area contributed by atoms with Gasteiger partial charge in [0, 0.05) is 32.7 Å². The van der Waals surface area contributed by atoms with Gasteiger partial charge in [-0.15, -0.1) is 0 Å². The van der Waals surface area contributed by atoms with E-state index in [1.807, 2.05) is 0 Å². The lowest BCUT2D eigenvalue weighted by Crippen LogP contribution is -2.48. The van der Waals surface area contributed by atoms with Crippen LogP contribution in [0.5, 0.6) is 0 Å². The highest BCUT2D eigenvalue weighted by atomic mass is 32.2. The summed E-state index contributed by atoms with van der Waals surface area (Å²) in [6.45, 7) is 0.387. The van der Waals surface area contributed by atoms with Crippen molar-refractivity contribution in [3.63, 3.8) is 0 Å². The van der Waals surface area contributed by atoms with E-state index in [1.165, 1.54) is 12.8 Å². The van der Waals surface area contributed by atoms with Crippen molar-refractivity contribution in [1.82, 2.24) is 14.9 Å². The van der Waals surface area contributed by atoms with E-state index in [0.717, 1.165) is 12.8 Å². The molecule has 2 N–H and O–H groups in total. The Morgan fingerprint density at radius 1 is 1.17 bits per heavy atom. The molecule has 2 aliphatic rings. The van der Waals surface area contributed by atoms with Gasteiger partial charge in [0.15, 0.2) is 5.96 Å². The van der Waals surface area contributed by atoms with Crippen molar-refractivity contribution >= 4 is 16.0 Å². The van der Waals surface area contributed by atoms with Gasteiger partial charge >= 0.3 is 15.5 Å². The van der Waals surface area contributed by atoms with E-state index in [9.17, 15) is 21.6 Å². The minimum atomic E-state index is -5.22. The molecule has 6 nitrogen and oxygen atoms in total. The van der Waals surface area contributed by atoms with E-state index in [1.54, 1.807) is 7.05 Å². The van der Waals surface area contributed by atoms with E-state index in [-0.39, 0.29) is 19.0 Å². The lowest BCUT2D eigenvalue weighted by Gasteiger charge is -2.32. The molecule has 0 spiro atoms. The van der Waals surface area contributed by atoms with Gasteiger partial charge in [0.05, 0.1) is 0 Å². The summed E-state index contributed by atoms with van der Waals surface area (Å²) in [5.74, 6) is 0.832. The fourth-order valence-corrected chi connectivity index (χ4v) is 4.18. The van der Waals surface area contributed by atoms with Crippen LogP contribution >= 0.6 is 0 Å². The smallest absolute Gasteiger partial charge is 0.356 e. The molecule has 0 atom stereocenters. The summed E-state index contributed by atoms with van der Waals surface area (Å²) in [5.41, 5.74) is -5.22. The van der Waals surface area contributed by atoms with Crippen LogP contribution in [0.15, 0.2) is 4.99 Å². The first-order chi connectivity index (χ1) is 11.2. The summed E-state index contributed by atoms with van der Waals surface area (Å²) in [6, 6.07) is 0.426. The highest BCUT2D eigenvalue weighted by molar-refractivity contribution is 7.90. The Hall–Kier alpha value is -1.03. The molecule has 0 aromatic rings. The lowest BCUT2D eigenvalue weighted by atomic mass is 9.98. The zero-order chi connectivity index (χ0) is 17.8. The van der Waals surface area contributed by atoms with Crippen molar-refractivity contribution in [2.45, 2.75) is 50.1 Å². The monoisotopic (exact) mass is 370 g/mol. The number of hydrogen-bond acceptors (Lipinski definition) is 3. The maximum atomic E-state index is 12.5. The van der Waals surface area contributed by atoms with Crippen molar-refractivity contribution in [2.75, 3.05) is 26.7 Å². The van der Waals surface area contributed by atoms with E-state index < -0.39 is 15.5 Å². The molecule has 0 aromatic carbocycles. The molecule has 10 heteroatoms. The molecule has 0 radical (unpaired) electrons. The summed E-state index contributed by atoms with van der Waals surface area (Å²) < 4.78 is 60.9. The first-order valence-corrected chi connectivity index (χ1v) is 9.71. The molecule has 1 aliphatic carbocycles. The summed E-state index contributed by atoms with van der Waals surface area (Å²) in [7, 11) is -3.51. The molecule has 0 bridgehead atoms. The Kier molecular flexibility index (Phi) is 6.35. The molecule has 2 fully saturated rings. The van der Waals surface area contributed by atoms with Crippen molar-refractivity contribution < 1.29 is 21.6 Å². The van der Waals surface area contributed by atoms with Crippen LogP contribution in [0.2, 0.25) is 0 Å². The molecule has 1 heterocycles. The third-order valence-electron chi connectivity index (χ3n) is 4.68. The number of nitrogens with zero attached hydrogens (tertiary/aromatic N) is 2. The van der Waals surface area contributed by atoms with Gasteiger partial charge in [-0.1, -0.05) is 12.8 Å². The Labute approximate surface area is 140 Å². The normalized spacial score (nSPS) is 22.8. The Balaban J connectivity index is 1.76. The quantitative estimate of drug-likeness (QED) is 0.583. The number of sulfonamides is 1. The Morgan fingerprint density at radius 3 is 2.25 bits per heavy atom. The summed E-state index contributed by atoms with van der Waals surface area (Å²) in [4.78, 5) is 4.16. The first-order valence-electron chi connectivity index (χ1n) is 8.27. The molecule has 0 amide bonds. The average Bonchev–Trinajstić information content (AvgIpc) is 3.03. The number of halogens is 3. The zero-order valence-corrected chi connectivity index (χ0v) is 14.6. The standard InChI is InChI=1S/C14H25F3N4O2S/c1-18-13(20-12-4-2-3-5-12)19-10-11-6-8-21(9-7-11)24(22,23)14(15,16)17/h11-12H,2-10H2,1H3,(H2,18,19,20). The second-order valence-electron chi connectivity index (χ2n) is 6.37. The number of guanidine groups is 1. The van der Waals surface area contributed by atoms with Gasteiger partial charge in [-0.2, -0.15) is 17.5 Å². The van der Waals surface area contributed by atoms with E-state index in [0.29, 0.717) is 35.7 Å². The number of alkyl halides is 3. The van der Waals surface area contributed by atoms with Crippen molar-refractivity contribution in [1.29, 1.82) is 0 Å². The van der Waals surface area contributed by atoms with Gasteiger partial charge in [-0.25, -0.2) is 8.42 Å². The van der Waals surface area contributed by atoms with Crippen molar-refractivity contribution in [3.05, 3.63) is 0 Å². The Morgan fingerprint density at radius 2 is 1.75 bits per heavy atom. The van der Waals surface area contributed by atoms with Crippen LogP contribution in [0.4, 0.5) is 13.2 Å². The van der Waals surface area contributed by atoms with Crippen LogP contribution in [0.3, 0.4) is 0 Å². The van der Waals surface area contributed by atoms with Crippen LogP contribution in [-0.2, 0) is 10.0 Å². The summed E-state index contributed by atoms with van der Waals surface area (Å²) >= 11 is 0. The third kappa shape index (κ3) is 4.75. The van der Waals surface area contributed by atoms with Crippen LogP contribution in [-0.4, -0.2) is 56.9 Å². The van der Waals surface area contributed by atoms with Gasteiger partial charge < -0.3 is 10.6 Å². The minimum Gasteiger partial charge on any atom is -0.356 e. The van der Waals surface area contributed by atoms with E-state index >= 15 is 0 Å². The van der Waals surface area contributed by atoms with Crippen LogP contribution in [0.25, 0.3) is 0 Å². The lowest BCUT2D eigenvalue weighted by molar-refractivity contribution is -0.0496. The highest BCUT2D eigenvalue weighted by Crippen LogP contribution is 2.30. The molecule has 24 heavy (non-hydrogen) atoms. The van der Waals surface area contributed by atoms with Crippen LogP contribution in [0, 0.1) is 5.92 Å². The van der Waals surface area contributed by atoms with E-state index in [4.69, 9.17) is 0 Å². The number of piperidine rings is 1. The SMILES string of the molecule is CN=C(NCC1CCN(S(=O)(=O)C(F)(F)F)CC1)NC1CCCC1. The predicted molar refractivity (Wildman–Crippen MR) is 86.0 cm³/mol. The second kappa shape index (κ2) is 7.90. The number of rotatable bonds is 4. The fraction of sp³-hybridized carbons (Fsp3) is 0.929. The van der Waals surface area contributed by atoms with Gasteiger partial charge in [0.25, 0.3) is 0 Å². The molecule has 1 saturated heterocycles. The molecule has 140 valence electrons. The largest absolute Gasteiger partial charge is 0.511 e. The van der Waals surface area contributed by atoms with Gasteiger partial charge in [0.1, 0.15) is 0 Å². The number of aliphatic imine (C=N–C) groups is 1. The number of hydrogen-bond donors (Lipinski definition) is 2. The van der Waals surface area contributed by atoms with Crippen LogP contribution in [0.1, 0.15) is 38.5 Å². The topological polar surface area (TPSA) is 73.8 Å². The van der Waals surface area contributed by atoms with Gasteiger partial charge in [-0.3, -0.25) is 4.99 Å². The van der Waals surface area contributed by atoms with Gasteiger partial charge in [-0.05, 0) is 31.6 Å². The molecule has 1 aliphatic heterocycles. The summed E-state index contributed by atoms with van der Waals surface area (Å²) in [5, 5.41) is 6.54. The zero-order valence-electron chi connectivity index (χ0n) is 13.8. The van der Waals surface area contributed by atoms with Crippen molar-refractivity contribution in [2.24, 2.45) is 10.9 Å².